The van der Waals surface area contributed by atoms with Crippen LogP contribution in [0.1, 0.15) is 30.8 Å². The van der Waals surface area contributed by atoms with Crippen molar-refractivity contribution in [2.75, 3.05) is 7.11 Å². The third-order valence-corrected chi connectivity index (χ3v) is 5.51. The number of methoxy groups -OCH3 is 1. The van der Waals surface area contributed by atoms with E-state index in [9.17, 15) is 13.2 Å². The molecule has 1 fully saturated rings. The summed E-state index contributed by atoms with van der Waals surface area (Å²) in [4.78, 5) is 11.6. The summed E-state index contributed by atoms with van der Waals surface area (Å²) in [7, 11) is -2.28. The smallest absolute Gasteiger partial charge is 0.310 e. The lowest BCUT2D eigenvalue weighted by Crippen LogP contribution is -2.39. The summed E-state index contributed by atoms with van der Waals surface area (Å²) in [5.74, 6) is 0.258. The minimum atomic E-state index is -3.56. The summed E-state index contributed by atoms with van der Waals surface area (Å²) in [6, 6.07) is 3.50. The summed E-state index contributed by atoms with van der Waals surface area (Å²) < 4.78 is 37.1. The van der Waals surface area contributed by atoms with E-state index in [-0.39, 0.29) is 6.54 Å². The van der Waals surface area contributed by atoms with Gasteiger partial charge < -0.3 is 9.15 Å². The molecule has 0 amide bonds. The lowest BCUT2D eigenvalue weighted by molar-refractivity contribution is -0.145. The zero-order valence-corrected chi connectivity index (χ0v) is 12.4. The lowest BCUT2D eigenvalue weighted by atomic mass is 10.1. The Bertz CT molecular complexity index is 577. The molecule has 7 heteroatoms. The van der Waals surface area contributed by atoms with Gasteiger partial charge in [0.2, 0.25) is 10.0 Å². The van der Waals surface area contributed by atoms with Gasteiger partial charge in [0.25, 0.3) is 0 Å². The van der Waals surface area contributed by atoms with Crippen LogP contribution in [0.5, 0.6) is 0 Å². The largest absolute Gasteiger partial charge is 0.469 e. The highest BCUT2D eigenvalue weighted by atomic mass is 32.2. The highest BCUT2D eigenvalue weighted by Gasteiger charge is 2.42. The van der Waals surface area contributed by atoms with Gasteiger partial charge in [-0.15, -0.1) is 0 Å². The van der Waals surface area contributed by atoms with Gasteiger partial charge in [0.1, 0.15) is 11.5 Å². The molecule has 1 N–H and O–H groups in total. The van der Waals surface area contributed by atoms with E-state index in [0.717, 1.165) is 5.76 Å². The van der Waals surface area contributed by atoms with E-state index in [1.54, 1.807) is 19.1 Å². The molecule has 1 aromatic rings. The van der Waals surface area contributed by atoms with Crippen LogP contribution < -0.4 is 4.72 Å². The maximum absolute atomic E-state index is 12.3. The third-order valence-electron chi connectivity index (χ3n) is 3.60. The number of hydrogen-bond acceptors (Lipinski definition) is 5. The van der Waals surface area contributed by atoms with Crippen molar-refractivity contribution in [3.05, 3.63) is 23.7 Å². The zero-order chi connectivity index (χ0) is 14.8. The molecule has 0 spiro atoms. The Hall–Kier alpha value is -1.34. The predicted molar refractivity (Wildman–Crippen MR) is 72.3 cm³/mol. The van der Waals surface area contributed by atoms with Crippen LogP contribution in [0, 0.1) is 12.8 Å². The number of rotatable bonds is 5. The van der Waals surface area contributed by atoms with E-state index in [1.165, 1.54) is 7.11 Å². The Balaban J connectivity index is 2.04. The number of carbonyl (C=O) groups excluding carboxylic acids is 1. The lowest BCUT2D eigenvalue weighted by Gasteiger charge is -2.18. The number of nitrogens with one attached hydrogen (secondary N) is 1. The average Bonchev–Trinajstić information content (AvgIpc) is 3.04. The van der Waals surface area contributed by atoms with Crippen molar-refractivity contribution in [2.24, 2.45) is 5.92 Å². The van der Waals surface area contributed by atoms with Crippen molar-refractivity contribution >= 4 is 16.0 Å². The van der Waals surface area contributed by atoms with Gasteiger partial charge in [0.05, 0.1) is 24.8 Å². The Kier molecular flexibility index (Phi) is 4.49. The second-order valence-corrected chi connectivity index (χ2v) is 6.96. The summed E-state index contributed by atoms with van der Waals surface area (Å²) in [6.07, 6.45) is 1.75. The topological polar surface area (TPSA) is 85.6 Å². The first-order valence-electron chi connectivity index (χ1n) is 6.55. The molecule has 0 aromatic carbocycles. The van der Waals surface area contributed by atoms with Gasteiger partial charge >= 0.3 is 5.97 Å². The predicted octanol–water partition coefficient (Wildman–Crippen LogP) is 1.35. The molecule has 0 aliphatic heterocycles. The minimum Gasteiger partial charge on any atom is -0.469 e. The Morgan fingerprint density at radius 1 is 1.45 bits per heavy atom. The number of furan rings is 1. The minimum absolute atomic E-state index is 0.0978. The van der Waals surface area contributed by atoms with Crippen molar-refractivity contribution in [3.8, 4) is 0 Å². The molecule has 2 rings (SSSR count). The van der Waals surface area contributed by atoms with Crippen LogP contribution in [0.4, 0.5) is 0 Å². The van der Waals surface area contributed by atoms with Crippen LogP contribution in [0.2, 0.25) is 0 Å². The Labute approximate surface area is 118 Å². The van der Waals surface area contributed by atoms with Crippen molar-refractivity contribution in [3.63, 3.8) is 0 Å². The van der Waals surface area contributed by atoms with Gasteiger partial charge in [0.15, 0.2) is 0 Å². The monoisotopic (exact) mass is 301 g/mol. The van der Waals surface area contributed by atoms with Gasteiger partial charge in [-0.3, -0.25) is 4.79 Å². The maximum Gasteiger partial charge on any atom is 0.310 e. The number of sulfonamides is 1. The van der Waals surface area contributed by atoms with Crippen LogP contribution in [0.25, 0.3) is 0 Å². The quantitative estimate of drug-likeness (QED) is 0.830. The van der Waals surface area contributed by atoms with Crippen molar-refractivity contribution in [1.82, 2.24) is 4.72 Å². The number of carbonyl (C=O) groups is 1. The molecule has 1 aromatic heterocycles. The first-order chi connectivity index (χ1) is 9.44. The molecule has 6 nitrogen and oxygen atoms in total. The average molecular weight is 301 g/mol. The maximum atomic E-state index is 12.3. The molecule has 1 aliphatic rings. The fourth-order valence-electron chi connectivity index (χ4n) is 2.58. The summed E-state index contributed by atoms with van der Waals surface area (Å²) >= 11 is 0. The molecule has 20 heavy (non-hydrogen) atoms. The Morgan fingerprint density at radius 3 is 2.80 bits per heavy atom. The first-order valence-corrected chi connectivity index (χ1v) is 8.10. The standard InChI is InChI=1S/C13H19NO5S/c1-9-6-7-10(19-9)8-14-20(16,17)12-5-3-4-11(12)13(15)18-2/h6-7,11-12,14H,3-5,8H2,1-2H3. The fourth-order valence-corrected chi connectivity index (χ4v) is 4.29. The van der Waals surface area contributed by atoms with E-state index in [1.807, 2.05) is 0 Å². The van der Waals surface area contributed by atoms with Crippen LogP contribution in [0.15, 0.2) is 16.5 Å². The molecule has 2 unspecified atom stereocenters. The van der Waals surface area contributed by atoms with E-state index in [2.05, 4.69) is 9.46 Å². The van der Waals surface area contributed by atoms with E-state index in [0.29, 0.717) is 25.0 Å². The Morgan fingerprint density at radius 2 is 2.20 bits per heavy atom. The summed E-state index contributed by atoms with van der Waals surface area (Å²) in [5, 5.41) is -0.717. The highest BCUT2D eigenvalue weighted by Crippen LogP contribution is 2.31. The molecular weight excluding hydrogens is 282 g/mol. The van der Waals surface area contributed by atoms with Gasteiger partial charge in [-0.1, -0.05) is 6.42 Å². The molecular formula is C13H19NO5S. The number of ether oxygens (including phenoxy) is 1. The number of esters is 1. The molecule has 112 valence electrons. The second kappa shape index (κ2) is 5.97. The first kappa shape index (κ1) is 15.1. The highest BCUT2D eigenvalue weighted by molar-refractivity contribution is 7.90. The normalized spacial score (nSPS) is 22.9. The van der Waals surface area contributed by atoms with Gasteiger partial charge in [-0.2, -0.15) is 0 Å². The fraction of sp³-hybridized carbons (Fsp3) is 0.615. The molecule has 1 heterocycles. The number of hydrogen-bond donors (Lipinski definition) is 1. The number of aryl methyl sites for hydroxylation is 1. The summed E-state index contributed by atoms with van der Waals surface area (Å²) in [5.41, 5.74) is 0. The summed E-state index contributed by atoms with van der Waals surface area (Å²) in [6.45, 7) is 1.89. The van der Waals surface area contributed by atoms with Crippen molar-refractivity contribution in [1.29, 1.82) is 0 Å². The molecule has 0 radical (unpaired) electrons. The van der Waals surface area contributed by atoms with E-state index >= 15 is 0 Å². The van der Waals surface area contributed by atoms with Gasteiger partial charge in [-0.05, 0) is 31.9 Å². The van der Waals surface area contributed by atoms with Gasteiger partial charge in [-0.25, -0.2) is 13.1 Å². The van der Waals surface area contributed by atoms with Crippen LogP contribution in [0.3, 0.4) is 0 Å². The van der Waals surface area contributed by atoms with E-state index < -0.39 is 27.2 Å². The van der Waals surface area contributed by atoms with E-state index in [4.69, 9.17) is 4.42 Å². The van der Waals surface area contributed by atoms with Crippen LogP contribution in [-0.4, -0.2) is 26.7 Å². The van der Waals surface area contributed by atoms with Gasteiger partial charge in [0, 0.05) is 0 Å². The van der Waals surface area contributed by atoms with Crippen molar-refractivity contribution < 1.29 is 22.4 Å². The molecule has 1 aliphatic carbocycles. The molecule has 0 saturated heterocycles. The SMILES string of the molecule is COC(=O)C1CCCC1S(=O)(=O)NCc1ccc(C)o1. The van der Waals surface area contributed by atoms with Crippen LogP contribution >= 0.6 is 0 Å². The second-order valence-electron chi connectivity index (χ2n) is 4.98. The van der Waals surface area contributed by atoms with Crippen molar-refractivity contribution in [2.45, 2.75) is 38.0 Å². The zero-order valence-electron chi connectivity index (χ0n) is 11.6. The molecule has 0 bridgehead atoms. The molecule has 1 saturated carbocycles. The third kappa shape index (κ3) is 3.21. The molecule has 2 atom stereocenters. The van der Waals surface area contributed by atoms with Crippen LogP contribution in [-0.2, 0) is 26.1 Å².